The van der Waals surface area contributed by atoms with E-state index in [1.165, 1.54) is 37.0 Å². The topological polar surface area (TPSA) is 12.9 Å². The molecule has 0 aliphatic rings. The van der Waals surface area contributed by atoms with Crippen LogP contribution in [0.5, 0.6) is 0 Å². The predicted molar refractivity (Wildman–Crippen MR) is 72.9 cm³/mol. The Bertz CT molecular complexity index is 473. The molecule has 0 fully saturated rings. The monoisotopic (exact) mass is 243 g/mol. The Labute approximate surface area is 108 Å². The molecule has 0 atom stereocenters. The van der Waals surface area contributed by atoms with E-state index in [2.05, 4.69) is 18.0 Å². The average molecular weight is 243 g/mol. The lowest BCUT2D eigenvalue weighted by molar-refractivity contribution is 0.628. The van der Waals surface area contributed by atoms with E-state index >= 15 is 0 Å². The zero-order chi connectivity index (χ0) is 12.8. The van der Waals surface area contributed by atoms with Crippen LogP contribution in [0.4, 0.5) is 4.39 Å². The van der Waals surface area contributed by atoms with E-state index in [1.807, 2.05) is 12.3 Å². The van der Waals surface area contributed by atoms with Gasteiger partial charge in [-0.25, -0.2) is 4.39 Å². The highest BCUT2D eigenvalue weighted by Gasteiger charge is 2.00. The molecule has 2 aromatic rings. The lowest BCUT2D eigenvalue weighted by Crippen LogP contribution is -1.89. The van der Waals surface area contributed by atoms with E-state index < -0.39 is 0 Å². The van der Waals surface area contributed by atoms with Gasteiger partial charge in [-0.2, -0.15) is 0 Å². The molecule has 0 saturated heterocycles. The lowest BCUT2D eigenvalue weighted by Gasteiger charge is -2.03. The maximum Gasteiger partial charge on any atom is 0.123 e. The minimum absolute atomic E-state index is 0.213. The number of pyridine rings is 1. The molecule has 2 heteroatoms. The first-order chi connectivity index (χ1) is 8.79. The number of halogens is 1. The number of aromatic nitrogens is 1. The van der Waals surface area contributed by atoms with E-state index in [-0.39, 0.29) is 5.82 Å². The van der Waals surface area contributed by atoms with Crippen molar-refractivity contribution in [3.8, 4) is 11.3 Å². The van der Waals surface area contributed by atoms with Gasteiger partial charge in [-0.15, -0.1) is 0 Å². The second-order valence-electron chi connectivity index (χ2n) is 4.52. The molecule has 0 aliphatic heterocycles. The number of rotatable bonds is 5. The second kappa shape index (κ2) is 6.29. The van der Waals surface area contributed by atoms with Crippen molar-refractivity contribution >= 4 is 0 Å². The van der Waals surface area contributed by atoms with E-state index in [0.717, 1.165) is 17.7 Å². The number of benzene rings is 1. The van der Waals surface area contributed by atoms with E-state index in [1.54, 1.807) is 12.1 Å². The average Bonchev–Trinajstić information content (AvgIpc) is 2.41. The van der Waals surface area contributed by atoms with Gasteiger partial charge in [0, 0.05) is 11.8 Å². The SMILES string of the molecule is CCCCCc1ccc(-c2ccc(F)cc2)nc1. The van der Waals surface area contributed by atoms with Crippen molar-refractivity contribution in [2.24, 2.45) is 0 Å². The molecule has 0 saturated carbocycles. The summed E-state index contributed by atoms with van der Waals surface area (Å²) in [6.07, 6.45) is 6.73. The highest BCUT2D eigenvalue weighted by Crippen LogP contribution is 2.18. The second-order valence-corrected chi connectivity index (χ2v) is 4.52. The van der Waals surface area contributed by atoms with Crippen LogP contribution in [0.15, 0.2) is 42.6 Å². The Hall–Kier alpha value is -1.70. The van der Waals surface area contributed by atoms with Gasteiger partial charge in [0.15, 0.2) is 0 Å². The van der Waals surface area contributed by atoms with Crippen LogP contribution in [-0.2, 0) is 6.42 Å². The summed E-state index contributed by atoms with van der Waals surface area (Å²) in [6.45, 7) is 2.20. The van der Waals surface area contributed by atoms with Crippen molar-refractivity contribution in [3.63, 3.8) is 0 Å². The number of nitrogens with zero attached hydrogens (tertiary/aromatic N) is 1. The first-order valence-corrected chi connectivity index (χ1v) is 6.50. The summed E-state index contributed by atoms with van der Waals surface area (Å²) in [5.41, 5.74) is 3.13. The molecule has 1 aromatic carbocycles. The normalized spacial score (nSPS) is 10.6. The molecule has 1 aromatic heterocycles. The lowest BCUT2D eigenvalue weighted by atomic mass is 10.1. The van der Waals surface area contributed by atoms with Crippen LogP contribution < -0.4 is 0 Å². The number of hydrogen-bond acceptors (Lipinski definition) is 1. The van der Waals surface area contributed by atoms with Crippen LogP contribution in [0.25, 0.3) is 11.3 Å². The Kier molecular flexibility index (Phi) is 4.46. The highest BCUT2D eigenvalue weighted by atomic mass is 19.1. The Morgan fingerprint density at radius 2 is 1.78 bits per heavy atom. The summed E-state index contributed by atoms with van der Waals surface area (Å²) in [6, 6.07) is 10.6. The first kappa shape index (κ1) is 12.7. The maximum absolute atomic E-state index is 12.8. The zero-order valence-electron chi connectivity index (χ0n) is 10.7. The van der Waals surface area contributed by atoms with Crippen molar-refractivity contribution in [2.45, 2.75) is 32.6 Å². The summed E-state index contributed by atoms with van der Waals surface area (Å²) in [5, 5.41) is 0. The minimum Gasteiger partial charge on any atom is -0.256 e. The first-order valence-electron chi connectivity index (χ1n) is 6.50. The summed E-state index contributed by atoms with van der Waals surface area (Å²) in [5.74, 6) is -0.213. The number of unbranched alkanes of at least 4 members (excludes halogenated alkanes) is 2. The van der Waals surface area contributed by atoms with Gasteiger partial charge in [-0.3, -0.25) is 4.98 Å². The van der Waals surface area contributed by atoms with E-state index in [0.29, 0.717) is 0 Å². The summed E-state index contributed by atoms with van der Waals surface area (Å²) < 4.78 is 12.8. The van der Waals surface area contributed by atoms with Crippen LogP contribution >= 0.6 is 0 Å². The molecule has 1 heterocycles. The largest absolute Gasteiger partial charge is 0.256 e. The number of hydrogen-bond donors (Lipinski definition) is 0. The number of aryl methyl sites for hydroxylation is 1. The Morgan fingerprint density at radius 1 is 1.00 bits per heavy atom. The quantitative estimate of drug-likeness (QED) is 0.698. The van der Waals surface area contributed by atoms with Gasteiger partial charge in [0.2, 0.25) is 0 Å². The van der Waals surface area contributed by atoms with Gasteiger partial charge in [0.05, 0.1) is 5.69 Å². The highest BCUT2D eigenvalue weighted by molar-refractivity contribution is 5.58. The fraction of sp³-hybridized carbons (Fsp3) is 0.312. The molecule has 2 rings (SSSR count). The van der Waals surface area contributed by atoms with Gasteiger partial charge < -0.3 is 0 Å². The van der Waals surface area contributed by atoms with Gasteiger partial charge in [-0.05, 0) is 48.7 Å². The predicted octanol–water partition coefficient (Wildman–Crippen LogP) is 4.62. The molecule has 0 bridgehead atoms. The van der Waals surface area contributed by atoms with Crippen LogP contribution in [-0.4, -0.2) is 4.98 Å². The Balaban J connectivity index is 2.05. The molecule has 0 N–H and O–H groups in total. The third kappa shape index (κ3) is 3.39. The van der Waals surface area contributed by atoms with Crippen LogP contribution in [0.3, 0.4) is 0 Å². The Morgan fingerprint density at radius 3 is 2.39 bits per heavy atom. The van der Waals surface area contributed by atoms with Crippen molar-refractivity contribution < 1.29 is 4.39 Å². The molecule has 94 valence electrons. The summed E-state index contributed by atoms with van der Waals surface area (Å²) in [4.78, 5) is 4.43. The molecule has 18 heavy (non-hydrogen) atoms. The smallest absolute Gasteiger partial charge is 0.123 e. The summed E-state index contributed by atoms with van der Waals surface area (Å²) in [7, 11) is 0. The third-order valence-corrected chi connectivity index (χ3v) is 3.03. The molecule has 0 radical (unpaired) electrons. The van der Waals surface area contributed by atoms with E-state index in [4.69, 9.17) is 0 Å². The fourth-order valence-electron chi connectivity index (χ4n) is 1.94. The molecule has 1 nitrogen and oxygen atoms in total. The van der Waals surface area contributed by atoms with Gasteiger partial charge in [0.1, 0.15) is 5.82 Å². The van der Waals surface area contributed by atoms with Crippen LogP contribution in [0.1, 0.15) is 31.7 Å². The van der Waals surface area contributed by atoms with Gasteiger partial charge in [-0.1, -0.05) is 25.8 Å². The summed E-state index contributed by atoms with van der Waals surface area (Å²) >= 11 is 0. The zero-order valence-corrected chi connectivity index (χ0v) is 10.7. The molecular weight excluding hydrogens is 225 g/mol. The third-order valence-electron chi connectivity index (χ3n) is 3.03. The van der Waals surface area contributed by atoms with Crippen LogP contribution in [0.2, 0.25) is 0 Å². The maximum atomic E-state index is 12.8. The molecule has 0 spiro atoms. The van der Waals surface area contributed by atoms with Crippen molar-refractivity contribution in [3.05, 3.63) is 54.0 Å². The van der Waals surface area contributed by atoms with Crippen LogP contribution in [0, 0.1) is 5.82 Å². The molecule has 0 unspecified atom stereocenters. The van der Waals surface area contributed by atoms with Crippen molar-refractivity contribution in [2.75, 3.05) is 0 Å². The van der Waals surface area contributed by atoms with E-state index in [9.17, 15) is 4.39 Å². The molecule has 0 aliphatic carbocycles. The molecule has 0 amide bonds. The van der Waals surface area contributed by atoms with Gasteiger partial charge in [0.25, 0.3) is 0 Å². The fourth-order valence-corrected chi connectivity index (χ4v) is 1.94. The minimum atomic E-state index is -0.213. The standard InChI is InChI=1S/C16H18FN/c1-2-3-4-5-13-6-11-16(18-12-13)14-7-9-15(17)10-8-14/h6-12H,2-5H2,1H3. The van der Waals surface area contributed by atoms with Crippen molar-refractivity contribution in [1.82, 2.24) is 4.98 Å². The van der Waals surface area contributed by atoms with Crippen molar-refractivity contribution in [1.29, 1.82) is 0 Å². The van der Waals surface area contributed by atoms with Gasteiger partial charge >= 0.3 is 0 Å². The molecular formula is C16H18FN.